The zero-order chi connectivity index (χ0) is 36.7. The first kappa shape index (κ1) is 26.7. The van der Waals surface area contributed by atoms with E-state index in [0.717, 1.165) is 59.1 Å². The minimum absolute atomic E-state index is 0.496. The van der Waals surface area contributed by atoms with Gasteiger partial charge in [-0.3, -0.25) is 4.40 Å². The highest BCUT2D eigenvalue weighted by Gasteiger charge is 2.48. The highest BCUT2D eigenvalue weighted by Crippen LogP contribution is 2.31. The van der Waals surface area contributed by atoms with Gasteiger partial charge in [-0.2, -0.15) is 0 Å². The molecule has 0 bridgehead atoms. The third-order valence-corrected chi connectivity index (χ3v) is 18.0. The molecule has 1 atom stereocenters. The van der Waals surface area contributed by atoms with Gasteiger partial charge in [0.2, 0.25) is 19.8 Å². The van der Waals surface area contributed by atoms with E-state index in [4.69, 9.17) is 23.8 Å². The molecule has 9 aromatic rings. The largest absolute Gasteiger partial charge is 0.458 e. The number of nitrogens with zero attached hydrogens (tertiary/aromatic N) is 5. The number of benzene rings is 6. The van der Waals surface area contributed by atoms with E-state index in [1.807, 2.05) is 102 Å². The highest BCUT2D eigenvalue weighted by atomic mass is 28.3. The Morgan fingerprint density at radius 3 is 2.04 bits per heavy atom. The van der Waals surface area contributed by atoms with E-state index >= 15 is 0 Å². The number of rotatable bonds is 5. The summed E-state index contributed by atoms with van der Waals surface area (Å²) in [5.74, 6) is 2.44. The number of ether oxygens (including phenoxy) is 1. The van der Waals surface area contributed by atoms with Crippen LogP contribution in [0.25, 0.3) is 33.8 Å². The number of hydrogen-bond acceptors (Lipinski definition) is 4. The van der Waals surface area contributed by atoms with Crippen molar-refractivity contribution in [1.29, 1.82) is 0 Å². The molecule has 0 saturated carbocycles. The summed E-state index contributed by atoms with van der Waals surface area (Å²) in [6.07, 6.45) is 1.84. The van der Waals surface area contributed by atoms with Crippen LogP contribution in [0.2, 0.25) is 13.0 Å². The summed E-state index contributed by atoms with van der Waals surface area (Å²) in [7, 11) is -6.79. The quantitative estimate of drug-likeness (QED) is 0.176. The number of para-hydroxylation sites is 6. The van der Waals surface area contributed by atoms with Crippen molar-refractivity contribution in [2.24, 2.45) is 0 Å². The van der Waals surface area contributed by atoms with E-state index in [2.05, 4.69) is 77.2 Å². The Hall–Kier alpha value is -6.10. The second-order valence-corrected chi connectivity index (χ2v) is 20.2. The summed E-state index contributed by atoms with van der Waals surface area (Å²) in [4.78, 5) is 15.6. The molecule has 6 nitrogen and oxygen atoms in total. The Balaban J connectivity index is 1.32. The Bertz CT molecular complexity index is 2850. The number of hydrogen-bond donors (Lipinski definition) is 0. The fraction of sp³-hybridized carbons (Fsp3) is 0.0465. The van der Waals surface area contributed by atoms with Crippen LogP contribution in [0.1, 0.15) is 4.11 Å². The van der Waals surface area contributed by atoms with E-state index < -0.39 is 22.6 Å². The summed E-state index contributed by atoms with van der Waals surface area (Å²) in [5, 5.41) is 5.49. The molecule has 6 aromatic carbocycles. The first-order valence-corrected chi connectivity index (χ1v) is 21.5. The first-order chi connectivity index (χ1) is 26.3. The molecule has 0 radical (unpaired) electrons. The minimum atomic E-state index is -3.41. The molecular weight excluding hydrogens is 659 g/mol. The molecule has 8 heteroatoms. The molecule has 4 heterocycles. The SMILES string of the molecule is [2H]C([2H])([2H])[Si]1(C)c2ccccc2Oc2c([Si](c3ccccc3)(c3ccccc3)c3ccnc(-n4c5ccccc5n5c6ccccc6nc45)n3)cccc21. The lowest BCUT2D eigenvalue weighted by Gasteiger charge is -2.39. The molecule has 0 spiro atoms. The van der Waals surface area contributed by atoms with E-state index in [1.54, 1.807) is 0 Å². The summed E-state index contributed by atoms with van der Waals surface area (Å²) < 4.78 is 38.2. The highest BCUT2D eigenvalue weighted by molar-refractivity contribution is 7.20. The molecule has 1 aliphatic rings. The van der Waals surface area contributed by atoms with E-state index in [1.165, 1.54) is 0 Å². The molecule has 0 aliphatic carbocycles. The van der Waals surface area contributed by atoms with Crippen molar-refractivity contribution in [3.05, 3.63) is 164 Å². The minimum Gasteiger partial charge on any atom is -0.458 e. The number of fused-ring (bicyclic) bond motifs is 7. The lowest BCUT2D eigenvalue weighted by Crippen LogP contribution is -2.76. The maximum Gasteiger partial charge on any atom is 0.236 e. The second kappa shape index (κ2) is 11.2. The molecule has 244 valence electrons. The van der Waals surface area contributed by atoms with Crippen LogP contribution in [0, 0.1) is 0 Å². The molecule has 1 unspecified atom stereocenters. The zero-order valence-corrected chi connectivity index (χ0v) is 29.7. The molecule has 51 heavy (non-hydrogen) atoms. The van der Waals surface area contributed by atoms with Crippen LogP contribution in [0.3, 0.4) is 0 Å². The molecule has 0 fully saturated rings. The standard InChI is InChI=1S/C43H33N5OSi2/c1-50(2)37-25-14-13-24-36(37)49-41-38(50)26-15-27-39(41)51(30-16-5-3-6-17-30,31-18-7-4-8-19-31)40-28-29-44-42(46-40)48-35-23-12-11-22-34(35)47-33-21-10-9-20-32(33)45-43(47)48/h3-29H,1-2H3/i1D3. The van der Waals surface area contributed by atoms with Crippen molar-refractivity contribution in [2.75, 3.05) is 0 Å². The maximum absolute atomic E-state index is 9.00. The maximum atomic E-state index is 9.00. The Labute approximate surface area is 301 Å². The van der Waals surface area contributed by atoms with Gasteiger partial charge in [-0.1, -0.05) is 134 Å². The van der Waals surface area contributed by atoms with Crippen molar-refractivity contribution < 1.29 is 8.85 Å². The summed E-state index contributed by atoms with van der Waals surface area (Å²) >= 11 is 0. The van der Waals surface area contributed by atoms with Crippen LogP contribution in [-0.2, 0) is 0 Å². The average molecular weight is 695 g/mol. The third-order valence-electron chi connectivity index (χ3n) is 10.3. The smallest absolute Gasteiger partial charge is 0.236 e. The topological polar surface area (TPSA) is 57.2 Å². The zero-order valence-electron chi connectivity index (χ0n) is 30.7. The molecule has 3 aromatic heterocycles. The third kappa shape index (κ3) is 4.24. The van der Waals surface area contributed by atoms with Crippen molar-refractivity contribution in [3.63, 3.8) is 0 Å². The van der Waals surface area contributed by atoms with Gasteiger partial charge in [0.1, 0.15) is 19.6 Å². The van der Waals surface area contributed by atoms with Crippen LogP contribution >= 0.6 is 0 Å². The van der Waals surface area contributed by atoms with Gasteiger partial charge in [0, 0.05) is 15.6 Å². The van der Waals surface area contributed by atoms with Gasteiger partial charge in [-0.25, -0.2) is 19.5 Å². The fourth-order valence-electron chi connectivity index (χ4n) is 8.06. The van der Waals surface area contributed by atoms with Crippen LogP contribution in [-0.4, -0.2) is 40.1 Å². The number of imidazole rings is 2. The van der Waals surface area contributed by atoms with Gasteiger partial charge in [0.15, 0.2) is 0 Å². The second-order valence-electron chi connectivity index (χ2n) is 13.2. The lowest BCUT2D eigenvalue weighted by molar-refractivity contribution is 0.490. The summed E-state index contributed by atoms with van der Waals surface area (Å²) in [6.45, 7) is -0.279. The summed E-state index contributed by atoms with van der Waals surface area (Å²) in [6, 6.07) is 53.1. The van der Waals surface area contributed by atoms with Crippen molar-refractivity contribution in [3.8, 4) is 17.4 Å². The number of aromatic nitrogens is 5. The van der Waals surface area contributed by atoms with Gasteiger partial charge in [-0.05, 0) is 62.3 Å². The van der Waals surface area contributed by atoms with Crippen molar-refractivity contribution in [2.45, 2.75) is 13.0 Å². The van der Waals surface area contributed by atoms with Crippen LogP contribution in [0.5, 0.6) is 11.5 Å². The monoisotopic (exact) mass is 694 g/mol. The molecule has 0 N–H and O–H groups in total. The average Bonchev–Trinajstić information content (AvgIpc) is 3.74. The van der Waals surface area contributed by atoms with E-state index in [9.17, 15) is 0 Å². The van der Waals surface area contributed by atoms with Gasteiger partial charge < -0.3 is 4.74 Å². The molecular formula is C43H33N5OSi2. The molecule has 0 amide bonds. The Morgan fingerprint density at radius 2 is 1.27 bits per heavy atom. The van der Waals surface area contributed by atoms with Gasteiger partial charge in [-0.15, -0.1) is 0 Å². The van der Waals surface area contributed by atoms with Crippen LogP contribution in [0.15, 0.2) is 164 Å². The van der Waals surface area contributed by atoms with Gasteiger partial charge in [0.25, 0.3) is 0 Å². The van der Waals surface area contributed by atoms with Gasteiger partial charge in [0.05, 0.1) is 22.1 Å². The first-order valence-electron chi connectivity index (χ1n) is 18.5. The fourth-order valence-corrected chi connectivity index (χ4v) is 15.3. The van der Waals surface area contributed by atoms with E-state index in [0.29, 0.717) is 17.4 Å². The molecule has 10 rings (SSSR count). The van der Waals surface area contributed by atoms with Crippen molar-refractivity contribution in [1.82, 2.24) is 23.9 Å². The predicted molar refractivity (Wildman–Crippen MR) is 212 cm³/mol. The Kier molecular flexibility index (Phi) is 5.88. The normalized spacial score (nSPS) is 16.6. The van der Waals surface area contributed by atoms with Crippen LogP contribution in [0.4, 0.5) is 0 Å². The van der Waals surface area contributed by atoms with Gasteiger partial charge >= 0.3 is 0 Å². The molecule has 1 aliphatic heterocycles. The predicted octanol–water partition coefficient (Wildman–Crippen LogP) is 5.53. The van der Waals surface area contributed by atoms with Crippen molar-refractivity contribution >= 4 is 75.2 Å². The lowest BCUT2D eigenvalue weighted by atomic mass is 10.3. The van der Waals surface area contributed by atoms with Crippen LogP contribution < -0.4 is 36.0 Å². The molecule has 0 saturated heterocycles. The Morgan fingerprint density at radius 1 is 0.627 bits per heavy atom. The summed E-state index contributed by atoms with van der Waals surface area (Å²) in [5.41, 5.74) is 3.83. The van der Waals surface area contributed by atoms with E-state index in [-0.39, 0.29) is 0 Å².